The van der Waals surface area contributed by atoms with Gasteiger partial charge >= 0.3 is 5.97 Å². The zero-order valence-corrected chi connectivity index (χ0v) is 22.6. The number of halogens is 2. The molecule has 0 bridgehead atoms. The molecule has 3 aromatic rings. The molecule has 196 valence electrons. The molecule has 1 heterocycles. The number of esters is 1. The van der Waals surface area contributed by atoms with E-state index < -0.39 is 41.9 Å². The number of hydrogen-bond donors (Lipinski definition) is 1. The number of carbonyl (C=O) groups excluding carboxylic acids is 3. The van der Waals surface area contributed by atoms with Gasteiger partial charge in [0.25, 0.3) is 0 Å². The van der Waals surface area contributed by atoms with Gasteiger partial charge in [0.2, 0.25) is 11.8 Å². The lowest BCUT2D eigenvalue weighted by Gasteiger charge is -2.32. The fourth-order valence-electron chi connectivity index (χ4n) is 3.63. The summed E-state index contributed by atoms with van der Waals surface area (Å²) in [5.74, 6) is -2.14. The van der Waals surface area contributed by atoms with Gasteiger partial charge in [-0.2, -0.15) is 0 Å². The van der Waals surface area contributed by atoms with Crippen LogP contribution in [0.15, 0.2) is 54.7 Å². The number of aromatic nitrogens is 3. The number of alkyl halides is 1. The minimum Gasteiger partial charge on any atom is -0.458 e. The number of rotatable bonds is 9. The monoisotopic (exact) mass is 545 g/mol. The molecule has 1 aromatic heterocycles. The SMILES string of the molecule is Cc1ccc(-n2cc(Cl)nn2)c(NC(=O)CN(C(=O)CCl)C(Cc2ccccc2)C(=O)OC(C)(C)C)c1. The van der Waals surface area contributed by atoms with Gasteiger partial charge in [-0.3, -0.25) is 9.59 Å². The van der Waals surface area contributed by atoms with Gasteiger partial charge in [0.15, 0.2) is 5.15 Å². The van der Waals surface area contributed by atoms with Gasteiger partial charge in [-0.15, -0.1) is 16.7 Å². The number of hydrogen-bond acceptors (Lipinski definition) is 6. The van der Waals surface area contributed by atoms with E-state index in [1.165, 1.54) is 10.9 Å². The average Bonchev–Trinajstić information content (AvgIpc) is 3.26. The van der Waals surface area contributed by atoms with Gasteiger partial charge in [0.05, 0.1) is 17.6 Å². The summed E-state index contributed by atoms with van der Waals surface area (Å²) in [5, 5.41) is 10.7. The maximum absolute atomic E-state index is 13.2. The highest BCUT2D eigenvalue weighted by Crippen LogP contribution is 2.23. The van der Waals surface area contributed by atoms with Crippen LogP contribution in [0.1, 0.15) is 31.9 Å². The predicted molar refractivity (Wildman–Crippen MR) is 142 cm³/mol. The van der Waals surface area contributed by atoms with Gasteiger partial charge in [-0.1, -0.05) is 53.2 Å². The summed E-state index contributed by atoms with van der Waals surface area (Å²) in [5.41, 5.74) is 1.85. The minimum atomic E-state index is -1.07. The molecule has 1 atom stereocenters. The lowest BCUT2D eigenvalue weighted by molar-refractivity contribution is -0.164. The Hall–Kier alpha value is -3.43. The van der Waals surface area contributed by atoms with Gasteiger partial charge in [-0.05, 0) is 51.0 Å². The highest BCUT2D eigenvalue weighted by molar-refractivity contribution is 6.29. The van der Waals surface area contributed by atoms with Crippen LogP contribution >= 0.6 is 23.2 Å². The molecule has 1 N–H and O–H groups in total. The van der Waals surface area contributed by atoms with Crippen LogP contribution in [0.5, 0.6) is 0 Å². The number of carbonyl (C=O) groups is 3. The fourth-order valence-corrected chi connectivity index (χ4v) is 3.91. The highest BCUT2D eigenvalue weighted by Gasteiger charge is 2.34. The van der Waals surface area contributed by atoms with E-state index in [9.17, 15) is 14.4 Å². The number of anilines is 1. The van der Waals surface area contributed by atoms with Gasteiger partial charge in [0.1, 0.15) is 24.1 Å². The largest absolute Gasteiger partial charge is 0.458 e. The third kappa shape index (κ3) is 8.03. The van der Waals surface area contributed by atoms with Gasteiger partial charge < -0.3 is 15.0 Å². The third-order valence-electron chi connectivity index (χ3n) is 5.21. The molecule has 11 heteroatoms. The van der Waals surface area contributed by atoms with Crippen molar-refractivity contribution in [3.8, 4) is 5.69 Å². The van der Waals surface area contributed by atoms with Crippen molar-refractivity contribution in [3.05, 3.63) is 71.0 Å². The Morgan fingerprint density at radius 3 is 2.43 bits per heavy atom. The minimum absolute atomic E-state index is 0.152. The molecule has 2 aromatic carbocycles. The average molecular weight is 546 g/mol. The van der Waals surface area contributed by atoms with E-state index in [2.05, 4.69) is 15.6 Å². The molecule has 37 heavy (non-hydrogen) atoms. The van der Waals surface area contributed by atoms with E-state index in [1.807, 2.05) is 43.3 Å². The molecular weight excluding hydrogens is 517 g/mol. The molecule has 0 saturated heterocycles. The Kier molecular flexibility index (Phi) is 9.29. The summed E-state index contributed by atoms with van der Waals surface area (Å²) in [6.45, 7) is 6.66. The second kappa shape index (κ2) is 12.2. The molecule has 2 amide bonds. The van der Waals surface area contributed by atoms with Crippen molar-refractivity contribution in [1.82, 2.24) is 19.9 Å². The summed E-state index contributed by atoms with van der Waals surface area (Å²) in [6, 6.07) is 13.5. The number of amides is 2. The Balaban J connectivity index is 1.90. The van der Waals surface area contributed by atoms with E-state index in [0.29, 0.717) is 11.4 Å². The molecule has 0 spiro atoms. The summed E-state index contributed by atoms with van der Waals surface area (Å²) >= 11 is 11.8. The van der Waals surface area contributed by atoms with Crippen molar-refractivity contribution in [2.24, 2.45) is 0 Å². The predicted octanol–water partition coefficient (Wildman–Crippen LogP) is 4.19. The van der Waals surface area contributed by atoms with Crippen LogP contribution in [-0.2, 0) is 25.5 Å². The Labute approximate surface area is 225 Å². The number of nitrogens with one attached hydrogen (secondary N) is 1. The first kappa shape index (κ1) is 28.1. The van der Waals surface area contributed by atoms with E-state index in [1.54, 1.807) is 32.9 Å². The van der Waals surface area contributed by atoms with E-state index in [-0.39, 0.29) is 11.6 Å². The zero-order valence-electron chi connectivity index (χ0n) is 21.1. The molecule has 0 saturated carbocycles. The molecule has 0 radical (unpaired) electrons. The van der Waals surface area contributed by atoms with Crippen LogP contribution in [0, 0.1) is 6.92 Å². The molecule has 0 fully saturated rings. The second-order valence-corrected chi connectivity index (χ2v) is 10.1. The zero-order chi connectivity index (χ0) is 27.2. The van der Waals surface area contributed by atoms with Crippen LogP contribution in [0.4, 0.5) is 5.69 Å². The number of ether oxygens (including phenoxy) is 1. The van der Waals surface area contributed by atoms with Crippen molar-refractivity contribution in [2.75, 3.05) is 17.7 Å². The summed E-state index contributed by atoms with van der Waals surface area (Å²) in [6.07, 6.45) is 1.66. The van der Waals surface area contributed by atoms with Crippen molar-refractivity contribution in [2.45, 2.75) is 45.8 Å². The quantitative estimate of drug-likeness (QED) is 0.319. The van der Waals surface area contributed by atoms with E-state index in [4.69, 9.17) is 27.9 Å². The summed E-state index contributed by atoms with van der Waals surface area (Å²) in [7, 11) is 0. The van der Waals surface area contributed by atoms with Crippen LogP contribution in [0.25, 0.3) is 5.69 Å². The van der Waals surface area contributed by atoms with Crippen LogP contribution in [0.3, 0.4) is 0 Å². The van der Waals surface area contributed by atoms with Crippen molar-refractivity contribution >= 4 is 46.7 Å². The molecule has 0 aliphatic rings. The van der Waals surface area contributed by atoms with Crippen molar-refractivity contribution in [1.29, 1.82) is 0 Å². The molecule has 9 nitrogen and oxygen atoms in total. The molecule has 0 aliphatic carbocycles. The summed E-state index contributed by atoms with van der Waals surface area (Å²) in [4.78, 5) is 40.5. The third-order valence-corrected chi connectivity index (χ3v) is 5.62. The maximum Gasteiger partial charge on any atom is 0.329 e. The van der Waals surface area contributed by atoms with Crippen molar-refractivity contribution < 1.29 is 19.1 Å². The number of aryl methyl sites for hydroxylation is 1. The number of benzene rings is 2. The van der Waals surface area contributed by atoms with Gasteiger partial charge in [0, 0.05) is 6.42 Å². The highest BCUT2D eigenvalue weighted by atomic mass is 35.5. The molecule has 3 rings (SSSR count). The van der Waals surface area contributed by atoms with E-state index >= 15 is 0 Å². The Bertz CT molecular complexity index is 1260. The molecule has 1 unspecified atom stereocenters. The Morgan fingerprint density at radius 2 is 1.84 bits per heavy atom. The van der Waals surface area contributed by atoms with Gasteiger partial charge in [-0.25, -0.2) is 9.48 Å². The second-order valence-electron chi connectivity index (χ2n) is 9.45. The molecular formula is C26H29Cl2N5O4. The van der Waals surface area contributed by atoms with E-state index in [0.717, 1.165) is 16.0 Å². The lowest BCUT2D eigenvalue weighted by atomic mass is 10.0. The Morgan fingerprint density at radius 1 is 1.14 bits per heavy atom. The number of nitrogens with zero attached hydrogens (tertiary/aromatic N) is 4. The van der Waals surface area contributed by atoms with Crippen LogP contribution < -0.4 is 5.32 Å². The fraction of sp³-hybridized carbons (Fsp3) is 0.346. The first-order valence-corrected chi connectivity index (χ1v) is 12.5. The topological polar surface area (TPSA) is 106 Å². The van der Waals surface area contributed by atoms with Crippen LogP contribution in [-0.4, -0.2) is 61.7 Å². The maximum atomic E-state index is 13.2. The first-order valence-electron chi connectivity index (χ1n) is 11.6. The van der Waals surface area contributed by atoms with Crippen molar-refractivity contribution in [3.63, 3.8) is 0 Å². The summed E-state index contributed by atoms with van der Waals surface area (Å²) < 4.78 is 7.03. The first-order chi connectivity index (χ1) is 17.5. The molecule has 0 aliphatic heterocycles. The van der Waals surface area contributed by atoms with Crippen LogP contribution in [0.2, 0.25) is 5.15 Å². The standard InChI is InChI=1S/C26H29Cl2N5O4/c1-17-10-11-20(33-15-22(28)30-31-33)19(12-17)29-23(34)16-32(24(35)14-27)21(25(36)37-26(2,3)4)13-18-8-6-5-7-9-18/h5-12,15,21H,13-14,16H2,1-4H3,(H,29,34). The smallest absolute Gasteiger partial charge is 0.329 e. The lowest BCUT2D eigenvalue weighted by Crippen LogP contribution is -2.51. The normalized spacial score (nSPS) is 12.1.